The van der Waals surface area contributed by atoms with E-state index in [0.717, 1.165) is 11.3 Å². The molecule has 2 aliphatic heterocycles. The van der Waals surface area contributed by atoms with E-state index < -0.39 is 11.9 Å². The number of nitrogens with zero attached hydrogens (tertiary/aromatic N) is 5. The summed E-state index contributed by atoms with van der Waals surface area (Å²) in [6.07, 6.45) is 5.91. The van der Waals surface area contributed by atoms with Gasteiger partial charge in [-0.3, -0.25) is 9.78 Å². The first kappa shape index (κ1) is 17.1. The average Bonchev–Trinajstić information content (AvgIpc) is 3.25. The first-order valence-corrected chi connectivity index (χ1v) is 9.32. The highest BCUT2D eigenvalue weighted by atomic mass is 19.1. The molecule has 2 atom stereocenters. The Hall–Kier alpha value is -3.07. The number of aliphatic hydroxyl groups excluding tert-OH is 1. The van der Waals surface area contributed by atoms with Gasteiger partial charge in [-0.05, 0) is 37.0 Å². The number of aliphatic hydroxyl groups is 1. The van der Waals surface area contributed by atoms with Crippen LogP contribution in [0.1, 0.15) is 36.6 Å². The fourth-order valence-corrected chi connectivity index (χ4v) is 4.08. The number of amides is 1. The quantitative estimate of drug-likeness (QED) is 0.616. The molecule has 2 aliphatic rings. The highest BCUT2D eigenvalue weighted by molar-refractivity contribution is 5.94. The minimum Gasteiger partial charge on any atom is -0.391 e. The molecule has 9 heteroatoms. The number of nitrogens with one attached hydrogen (secondary N) is 1. The van der Waals surface area contributed by atoms with Crippen molar-refractivity contribution in [3.8, 4) is 0 Å². The highest BCUT2D eigenvalue weighted by Gasteiger charge is 2.35. The summed E-state index contributed by atoms with van der Waals surface area (Å²) in [6, 6.07) is 3.06. The van der Waals surface area contributed by atoms with E-state index in [1.165, 1.54) is 12.3 Å². The molecule has 144 valence electrons. The topological polar surface area (TPSA) is 95.7 Å². The third-order valence-electron chi connectivity index (χ3n) is 5.35. The number of aryl methyl sites for hydroxylation is 1. The molecule has 1 saturated heterocycles. The lowest BCUT2D eigenvalue weighted by molar-refractivity contribution is -0.116. The van der Waals surface area contributed by atoms with E-state index in [2.05, 4.69) is 20.4 Å². The molecule has 5 heterocycles. The Bertz CT molecular complexity index is 1070. The second kappa shape index (κ2) is 6.52. The van der Waals surface area contributed by atoms with E-state index in [0.29, 0.717) is 49.4 Å². The lowest BCUT2D eigenvalue weighted by Crippen LogP contribution is -2.26. The van der Waals surface area contributed by atoms with Gasteiger partial charge >= 0.3 is 0 Å². The van der Waals surface area contributed by atoms with Gasteiger partial charge in [0, 0.05) is 24.9 Å². The zero-order valence-electron chi connectivity index (χ0n) is 15.0. The van der Waals surface area contributed by atoms with Crippen molar-refractivity contribution in [2.45, 2.75) is 37.8 Å². The van der Waals surface area contributed by atoms with Gasteiger partial charge in [0.15, 0.2) is 5.65 Å². The van der Waals surface area contributed by atoms with Crippen LogP contribution in [0.5, 0.6) is 0 Å². The van der Waals surface area contributed by atoms with Crippen molar-refractivity contribution in [1.29, 1.82) is 0 Å². The number of pyridine rings is 1. The summed E-state index contributed by atoms with van der Waals surface area (Å²) in [7, 11) is 0. The molecular formula is C19H19FN6O2. The maximum absolute atomic E-state index is 14.0. The number of hydrogen-bond donors (Lipinski definition) is 2. The Morgan fingerprint density at radius 2 is 2.18 bits per heavy atom. The fourth-order valence-electron chi connectivity index (χ4n) is 4.08. The van der Waals surface area contributed by atoms with Gasteiger partial charge in [0.05, 0.1) is 24.5 Å². The minimum atomic E-state index is -0.545. The molecule has 1 amide bonds. The van der Waals surface area contributed by atoms with E-state index in [1.54, 1.807) is 16.9 Å². The number of anilines is 2. The summed E-state index contributed by atoms with van der Waals surface area (Å²) >= 11 is 0. The maximum atomic E-state index is 14.0. The largest absolute Gasteiger partial charge is 0.391 e. The molecule has 0 aromatic carbocycles. The minimum absolute atomic E-state index is 0.124. The smallest absolute Gasteiger partial charge is 0.224 e. The van der Waals surface area contributed by atoms with Gasteiger partial charge < -0.3 is 15.3 Å². The molecule has 0 saturated carbocycles. The number of rotatable bonds is 0. The van der Waals surface area contributed by atoms with Crippen molar-refractivity contribution < 1.29 is 14.3 Å². The van der Waals surface area contributed by atoms with Gasteiger partial charge in [0.2, 0.25) is 5.91 Å². The summed E-state index contributed by atoms with van der Waals surface area (Å²) < 4.78 is 15.6. The van der Waals surface area contributed by atoms with Crippen LogP contribution in [0.2, 0.25) is 0 Å². The first-order chi connectivity index (χ1) is 13.6. The predicted octanol–water partition coefficient (Wildman–Crippen LogP) is 1.85. The van der Waals surface area contributed by atoms with Crippen LogP contribution in [0.4, 0.5) is 15.9 Å². The molecule has 3 aromatic rings. The molecule has 2 N–H and O–H groups in total. The van der Waals surface area contributed by atoms with E-state index in [9.17, 15) is 14.3 Å². The maximum Gasteiger partial charge on any atom is 0.224 e. The molecule has 0 radical (unpaired) electrons. The molecule has 2 bridgehead atoms. The van der Waals surface area contributed by atoms with E-state index in [-0.39, 0.29) is 11.9 Å². The van der Waals surface area contributed by atoms with Crippen LogP contribution in [0.25, 0.3) is 5.65 Å². The average molecular weight is 382 g/mol. The monoisotopic (exact) mass is 382 g/mol. The fraction of sp³-hybridized carbons (Fsp3) is 0.368. The number of carbonyl (C=O) groups excluding carboxylic acids is 1. The Kier molecular flexibility index (Phi) is 3.97. The van der Waals surface area contributed by atoms with Crippen LogP contribution >= 0.6 is 0 Å². The van der Waals surface area contributed by atoms with E-state index in [4.69, 9.17) is 0 Å². The van der Waals surface area contributed by atoms with Gasteiger partial charge in [0.1, 0.15) is 17.3 Å². The van der Waals surface area contributed by atoms with Crippen LogP contribution in [-0.2, 0) is 11.2 Å². The van der Waals surface area contributed by atoms with Gasteiger partial charge in [-0.2, -0.15) is 5.10 Å². The van der Waals surface area contributed by atoms with E-state index in [1.807, 2.05) is 11.0 Å². The third kappa shape index (κ3) is 2.88. The predicted molar refractivity (Wildman–Crippen MR) is 99.5 cm³/mol. The van der Waals surface area contributed by atoms with Gasteiger partial charge in [-0.25, -0.2) is 13.9 Å². The molecule has 0 aliphatic carbocycles. The SMILES string of the molecule is O=C1CCCc2ncc(F)cc2[C@H]2C[C@@H](O)CN2c2ccn3ncc(c3n2)N1. The van der Waals surface area contributed by atoms with Crippen LogP contribution in [0.3, 0.4) is 0 Å². The number of halogens is 1. The molecule has 0 unspecified atom stereocenters. The second-order valence-corrected chi connectivity index (χ2v) is 7.26. The zero-order chi connectivity index (χ0) is 19.3. The van der Waals surface area contributed by atoms with Crippen molar-refractivity contribution in [2.75, 3.05) is 16.8 Å². The van der Waals surface area contributed by atoms with Crippen LogP contribution in [-0.4, -0.2) is 43.2 Å². The van der Waals surface area contributed by atoms with Crippen molar-refractivity contribution in [2.24, 2.45) is 0 Å². The van der Waals surface area contributed by atoms with E-state index >= 15 is 0 Å². The molecule has 1 fully saturated rings. The summed E-state index contributed by atoms with van der Waals surface area (Å²) in [6.45, 7) is 0.389. The zero-order valence-corrected chi connectivity index (χ0v) is 15.0. The highest BCUT2D eigenvalue weighted by Crippen LogP contribution is 2.37. The number of carbonyl (C=O) groups is 1. The Morgan fingerprint density at radius 3 is 3.07 bits per heavy atom. The molecule has 0 spiro atoms. The third-order valence-corrected chi connectivity index (χ3v) is 5.35. The van der Waals surface area contributed by atoms with Crippen LogP contribution < -0.4 is 10.2 Å². The molecule has 5 rings (SSSR count). The van der Waals surface area contributed by atoms with Crippen molar-refractivity contribution in [1.82, 2.24) is 19.6 Å². The summed E-state index contributed by atoms with van der Waals surface area (Å²) in [4.78, 5) is 23.3. The molecule has 3 aromatic heterocycles. The Labute approximate surface area is 160 Å². The summed E-state index contributed by atoms with van der Waals surface area (Å²) in [5.41, 5.74) is 2.57. The Morgan fingerprint density at radius 1 is 1.29 bits per heavy atom. The van der Waals surface area contributed by atoms with Crippen molar-refractivity contribution in [3.05, 3.63) is 47.8 Å². The lowest BCUT2D eigenvalue weighted by atomic mass is 9.98. The number of hydrogen-bond acceptors (Lipinski definition) is 6. The summed E-state index contributed by atoms with van der Waals surface area (Å²) in [5, 5.41) is 17.4. The number of aromatic nitrogens is 4. The van der Waals surface area contributed by atoms with Crippen molar-refractivity contribution in [3.63, 3.8) is 0 Å². The van der Waals surface area contributed by atoms with Gasteiger partial charge in [-0.1, -0.05) is 0 Å². The first-order valence-electron chi connectivity index (χ1n) is 9.32. The van der Waals surface area contributed by atoms with Crippen LogP contribution in [0.15, 0.2) is 30.7 Å². The second-order valence-electron chi connectivity index (χ2n) is 7.26. The summed E-state index contributed by atoms with van der Waals surface area (Å²) in [5.74, 6) is 0.101. The van der Waals surface area contributed by atoms with Crippen molar-refractivity contribution >= 4 is 23.1 Å². The lowest BCUT2D eigenvalue weighted by Gasteiger charge is -2.27. The molecular weight excluding hydrogens is 363 g/mol. The molecule has 8 nitrogen and oxygen atoms in total. The van der Waals surface area contributed by atoms with Crippen LogP contribution in [0, 0.1) is 5.82 Å². The van der Waals surface area contributed by atoms with Gasteiger partial charge in [-0.15, -0.1) is 0 Å². The molecule has 28 heavy (non-hydrogen) atoms. The number of fused-ring (bicyclic) bond motifs is 5. The Balaban J connectivity index is 1.68. The standard InChI is InChI=1S/C19H19FN6O2/c20-11-6-13-14(21-8-11)2-1-3-18(28)23-15-9-22-26-5-4-17(24-19(15)26)25-10-12(27)7-16(13)25/h4-6,8-9,12,16,27H,1-3,7,10H2,(H,23,28)/t12-,16-/m1/s1. The normalized spacial score (nSPS) is 22.2. The van der Waals surface area contributed by atoms with Gasteiger partial charge in [0.25, 0.3) is 0 Å².